The van der Waals surface area contributed by atoms with Crippen LogP contribution in [0.5, 0.6) is 0 Å². The summed E-state index contributed by atoms with van der Waals surface area (Å²) >= 11 is 0. The highest BCUT2D eigenvalue weighted by molar-refractivity contribution is 5.91. The number of carbonyl (C=O) groups is 8. The van der Waals surface area contributed by atoms with Gasteiger partial charge in [-0.3, -0.25) is 34.2 Å². The van der Waals surface area contributed by atoms with Gasteiger partial charge in [0.2, 0.25) is 0 Å². The van der Waals surface area contributed by atoms with E-state index in [2.05, 4.69) is 27.0 Å². The summed E-state index contributed by atoms with van der Waals surface area (Å²) in [4.78, 5) is 84.8. The fourth-order valence-electron chi connectivity index (χ4n) is 5.83. The van der Waals surface area contributed by atoms with E-state index in [9.17, 15) is 38.4 Å². The normalized spacial score (nSPS) is 18.0. The molecular weight excluding hydrogens is 923 g/mol. The monoisotopic (exact) mass is 994 g/mol. The van der Waals surface area contributed by atoms with Gasteiger partial charge in [-0.25, -0.2) is 9.59 Å². The van der Waals surface area contributed by atoms with E-state index in [1.54, 1.807) is 0 Å². The number of carboxylic acid groups (broad SMARTS) is 5. The van der Waals surface area contributed by atoms with Gasteiger partial charge in [0.15, 0.2) is 5.96 Å². The molecule has 0 amide bonds. The summed E-state index contributed by atoms with van der Waals surface area (Å²) in [7, 11) is 0. The van der Waals surface area contributed by atoms with Crippen molar-refractivity contribution >= 4 is 53.7 Å². The molecule has 26 heteroatoms. The number of esters is 3. The number of hydrogen-bond acceptors (Lipinski definition) is 19. The van der Waals surface area contributed by atoms with E-state index in [1.807, 2.05) is 60.7 Å². The minimum atomic E-state index is -1.22. The highest BCUT2D eigenvalue weighted by Crippen LogP contribution is 2.11. The Morgan fingerprint density at radius 2 is 1.03 bits per heavy atom. The van der Waals surface area contributed by atoms with Crippen LogP contribution >= 0.6 is 0 Å². The van der Waals surface area contributed by atoms with Gasteiger partial charge in [-0.05, 0) is 95.0 Å². The number of nitrogens with one attached hydrogen (secondary N) is 5. The highest BCUT2D eigenvalue weighted by atomic mass is 16.6. The van der Waals surface area contributed by atoms with Gasteiger partial charge >= 0.3 is 47.8 Å². The van der Waals surface area contributed by atoms with Gasteiger partial charge in [0.25, 0.3) is 0 Å². The minimum Gasteiger partial charge on any atom is -0.480 e. The van der Waals surface area contributed by atoms with Crippen LogP contribution in [0.3, 0.4) is 0 Å². The molecule has 3 heterocycles. The predicted octanol–water partition coefficient (Wildman–Crippen LogP) is -2.77. The Hall–Kier alpha value is -6.65. The molecular formula is C44H71N11O15. The van der Waals surface area contributed by atoms with Crippen LogP contribution in [0, 0.1) is 5.41 Å². The van der Waals surface area contributed by atoms with E-state index < -0.39 is 71.9 Å². The lowest BCUT2D eigenvalue weighted by Crippen LogP contribution is -2.40. The van der Waals surface area contributed by atoms with Gasteiger partial charge in [-0.15, -0.1) is 0 Å². The van der Waals surface area contributed by atoms with Crippen LogP contribution in [0.4, 0.5) is 0 Å². The second-order valence-corrected chi connectivity index (χ2v) is 15.6. The number of nitrogens with two attached hydrogens (primary N) is 6. The van der Waals surface area contributed by atoms with Crippen molar-refractivity contribution < 1.29 is 73.4 Å². The Bertz CT molecular complexity index is 1860. The quantitative estimate of drug-likeness (QED) is 0.0236. The third kappa shape index (κ3) is 31.4. The standard InChI is InChI=1S/C12H16N2O4.C10H16N2O3.C9H11NO2.C6H14N4O2.C5H9NO2.C2H5NO2/c13-9(6-8-4-2-1-3-5-8)12(17)18-7-10(14)11(15)16;13-9(7-3-1-5-11-7)15-10(14)8-4-2-6-12-8;10-8(9(11)12)6-7-4-2-1-3-5-7;7-4(5(11)12)2-1-3-10-6(8)9;7-5(8)4-2-1-3-6-4;3-1-2(4)5/h1-5,9-10H,6-7,13-14H2,(H,15,16);7-8,11-12H,1-6H2;1-5,8H,6,10H2,(H,11,12);4H,1-3,7H2,(H,11,12)(H4,8,9,10);4,6H,1-3H2,(H,7,8);1,3H2,(H,4,5)/t9-,10-;7-,8-;8-;2*4-;/m00000./s1. The molecule has 70 heavy (non-hydrogen) atoms. The maximum absolute atomic E-state index is 11.5. The summed E-state index contributed by atoms with van der Waals surface area (Å²) in [5, 5.41) is 59.6. The van der Waals surface area contributed by atoms with Gasteiger partial charge in [-0.1, -0.05) is 60.7 Å². The van der Waals surface area contributed by atoms with Crippen LogP contribution in [-0.2, 0) is 60.7 Å². The lowest BCUT2D eigenvalue weighted by atomic mass is 10.1. The zero-order chi connectivity index (χ0) is 53.0. The molecule has 22 N–H and O–H groups in total. The van der Waals surface area contributed by atoms with Crippen molar-refractivity contribution in [3.8, 4) is 0 Å². The molecule has 0 radical (unpaired) electrons. The van der Waals surface area contributed by atoms with Crippen LogP contribution in [0.2, 0.25) is 0 Å². The Morgan fingerprint density at radius 3 is 1.36 bits per heavy atom. The number of carboxylic acids is 5. The van der Waals surface area contributed by atoms with Crippen LogP contribution < -0.4 is 55.7 Å². The molecule has 3 fully saturated rings. The number of carbonyl (C=O) groups excluding carboxylic acids is 3. The smallest absolute Gasteiger partial charge is 0.330 e. The Labute approximate surface area is 405 Å². The molecule has 7 atom stereocenters. The number of rotatable bonds is 18. The van der Waals surface area contributed by atoms with E-state index in [-0.39, 0.29) is 37.2 Å². The second-order valence-electron chi connectivity index (χ2n) is 15.6. The van der Waals surface area contributed by atoms with Crippen molar-refractivity contribution in [1.29, 1.82) is 5.41 Å². The fraction of sp³-hybridized carbons (Fsp3) is 0.523. The highest BCUT2D eigenvalue weighted by Gasteiger charge is 2.30. The molecule has 3 aliphatic rings. The van der Waals surface area contributed by atoms with Gasteiger partial charge in [-0.2, -0.15) is 0 Å². The predicted molar refractivity (Wildman–Crippen MR) is 254 cm³/mol. The summed E-state index contributed by atoms with van der Waals surface area (Å²) < 4.78 is 9.54. The lowest BCUT2D eigenvalue weighted by molar-refractivity contribution is -0.162. The Morgan fingerprint density at radius 1 is 0.629 bits per heavy atom. The van der Waals surface area contributed by atoms with Gasteiger partial charge in [0.05, 0.1) is 6.54 Å². The van der Waals surface area contributed by atoms with E-state index in [0.29, 0.717) is 32.2 Å². The molecule has 0 bridgehead atoms. The van der Waals surface area contributed by atoms with E-state index in [1.165, 1.54) is 0 Å². The fourth-order valence-corrected chi connectivity index (χ4v) is 5.83. The molecule has 5 rings (SSSR count). The number of benzene rings is 2. The average Bonchev–Trinajstić information content (AvgIpc) is 4.17. The van der Waals surface area contributed by atoms with Crippen molar-refractivity contribution in [1.82, 2.24) is 21.3 Å². The van der Waals surface area contributed by atoms with Crippen molar-refractivity contribution in [2.75, 3.05) is 39.3 Å². The maximum Gasteiger partial charge on any atom is 0.330 e. The summed E-state index contributed by atoms with van der Waals surface area (Å²) in [6.45, 7) is 2.34. The molecule has 26 nitrogen and oxygen atoms in total. The third-order valence-corrected chi connectivity index (χ3v) is 9.69. The van der Waals surface area contributed by atoms with E-state index in [0.717, 1.165) is 69.3 Å². The zero-order valence-electron chi connectivity index (χ0n) is 38.9. The first-order valence-electron chi connectivity index (χ1n) is 22.2. The van der Waals surface area contributed by atoms with Gasteiger partial charge in [0.1, 0.15) is 48.9 Å². The molecule has 0 aromatic heterocycles. The van der Waals surface area contributed by atoms with E-state index >= 15 is 0 Å². The van der Waals surface area contributed by atoms with Crippen molar-refractivity contribution in [3.63, 3.8) is 0 Å². The first-order chi connectivity index (χ1) is 33.1. The second kappa shape index (κ2) is 37.3. The minimum absolute atomic E-state index is 0.112. The molecule has 3 aliphatic heterocycles. The average molecular weight is 994 g/mol. The Kier molecular flexibility index (Phi) is 33.7. The van der Waals surface area contributed by atoms with E-state index in [4.69, 9.17) is 69.1 Å². The number of ether oxygens (including phenoxy) is 2. The van der Waals surface area contributed by atoms with Crippen molar-refractivity contribution in [2.45, 2.75) is 107 Å². The van der Waals surface area contributed by atoms with Gasteiger partial charge in [0, 0.05) is 6.54 Å². The first-order valence-corrected chi connectivity index (χ1v) is 22.2. The largest absolute Gasteiger partial charge is 0.480 e. The summed E-state index contributed by atoms with van der Waals surface area (Å²) in [5.74, 6) is -6.49. The molecule has 0 unspecified atom stereocenters. The number of hydrogen-bond donors (Lipinski definition) is 16. The zero-order valence-corrected chi connectivity index (χ0v) is 38.9. The van der Waals surface area contributed by atoms with Crippen LogP contribution in [0.25, 0.3) is 0 Å². The van der Waals surface area contributed by atoms with Crippen LogP contribution in [0.15, 0.2) is 60.7 Å². The first kappa shape index (κ1) is 63.4. The lowest BCUT2D eigenvalue weighted by Gasteiger charge is -2.13. The maximum atomic E-state index is 11.5. The number of aliphatic carboxylic acids is 5. The molecule has 0 spiro atoms. The third-order valence-electron chi connectivity index (χ3n) is 9.69. The molecule has 2 aromatic rings. The van der Waals surface area contributed by atoms with Crippen LogP contribution in [0.1, 0.15) is 62.5 Å². The SMILES string of the molecule is N=C(N)NCCC[C@H](N)C(=O)O.NCC(=O)O.N[C@@H](COC(=O)[C@@H](N)Cc1ccccc1)C(=O)O.N[C@@H](Cc1ccccc1)C(=O)O.O=C(O)[C@@H]1CCCN1.O=C(OC(=O)[C@@H]1CCCN1)[C@@H]1CCCN1. The molecule has 392 valence electrons. The number of guanidine groups is 1. The van der Waals surface area contributed by atoms with Crippen LogP contribution in [-0.4, -0.2) is 161 Å². The van der Waals surface area contributed by atoms with Crippen molar-refractivity contribution in [2.24, 2.45) is 34.4 Å². The molecule has 2 aromatic carbocycles. The summed E-state index contributed by atoms with van der Waals surface area (Å²) in [5.41, 5.74) is 32.8. The molecule has 0 saturated carbocycles. The summed E-state index contributed by atoms with van der Waals surface area (Å²) in [6, 6.07) is 14.1. The molecule has 3 saturated heterocycles. The van der Waals surface area contributed by atoms with Gasteiger partial charge < -0.3 is 90.7 Å². The molecule has 0 aliphatic carbocycles. The Balaban J connectivity index is 0.000000845. The summed E-state index contributed by atoms with van der Waals surface area (Å²) in [6.07, 6.45) is 6.95. The topological polar surface area (TPSA) is 484 Å². The van der Waals surface area contributed by atoms with Crippen molar-refractivity contribution in [3.05, 3.63) is 71.8 Å².